The molecule has 0 amide bonds. The number of hydrogen-bond acceptors (Lipinski definition) is 2. The van der Waals surface area contributed by atoms with Gasteiger partial charge in [-0.3, -0.25) is 0 Å². The summed E-state index contributed by atoms with van der Waals surface area (Å²) < 4.78 is 5.20. The fourth-order valence-corrected chi connectivity index (χ4v) is 11.9. The molecule has 15 aromatic rings. The Morgan fingerprint density at radius 2 is 0.543 bits per heavy atom. The number of hydrogen-bond donors (Lipinski definition) is 0. The first-order valence-corrected chi connectivity index (χ1v) is 24.1. The van der Waals surface area contributed by atoms with Crippen molar-refractivity contribution < 1.29 is 0 Å². The Balaban J connectivity index is 1.09. The van der Waals surface area contributed by atoms with Crippen LogP contribution in [-0.2, 0) is 0 Å². The van der Waals surface area contributed by atoms with E-state index in [4.69, 9.17) is 0 Å². The standard InChI is InChI=1S/C66H42N4/c1-7-21-43(22-8-1)59-61-53-35-19-33-51-56-42-50(68(47-29-15-5-16-30-47)48-31-17-6-18-32-48)38-40-58(56)70(63(51)53)66(61)60(44-23-9-2-10-24-44)62-54-36-20-34-52-55-41-49(37-39-57(55)69(64(52)54)65(59)62)67(45-25-11-3-12-26-45)46-27-13-4-14-28-46/h1-42H. The Hall–Kier alpha value is -9.38. The van der Waals surface area contributed by atoms with E-state index in [0.29, 0.717) is 0 Å². The summed E-state index contributed by atoms with van der Waals surface area (Å²) in [6, 6.07) is 93.1. The second-order valence-electron chi connectivity index (χ2n) is 18.4. The van der Waals surface area contributed by atoms with Crippen LogP contribution in [0.1, 0.15) is 0 Å². The second-order valence-corrected chi connectivity index (χ2v) is 18.4. The van der Waals surface area contributed by atoms with Crippen molar-refractivity contribution in [1.29, 1.82) is 0 Å². The van der Waals surface area contributed by atoms with Gasteiger partial charge in [0.1, 0.15) is 0 Å². The Morgan fingerprint density at radius 1 is 0.229 bits per heavy atom. The quantitative estimate of drug-likeness (QED) is 0.151. The number of anilines is 6. The largest absolute Gasteiger partial charge is 0.310 e. The molecule has 4 aromatic heterocycles. The smallest absolute Gasteiger partial charge is 0.0634 e. The molecule has 4 heteroatoms. The van der Waals surface area contributed by atoms with Gasteiger partial charge in [-0.25, -0.2) is 0 Å². The van der Waals surface area contributed by atoms with Gasteiger partial charge in [-0.05, 0) is 96.1 Å². The molecule has 0 saturated carbocycles. The van der Waals surface area contributed by atoms with Crippen LogP contribution in [0.2, 0.25) is 0 Å². The summed E-state index contributed by atoms with van der Waals surface area (Å²) in [5.41, 5.74) is 19.0. The molecule has 70 heavy (non-hydrogen) atoms. The predicted octanol–water partition coefficient (Wildman–Crippen LogP) is 18.3. The van der Waals surface area contributed by atoms with E-state index in [2.05, 4.69) is 273 Å². The second kappa shape index (κ2) is 15.1. The van der Waals surface area contributed by atoms with Crippen LogP contribution in [0, 0.1) is 0 Å². The van der Waals surface area contributed by atoms with Crippen molar-refractivity contribution in [3.63, 3.8) is 0 Å². The highest BCUT2D eigenvalue weighted by molar-refractivity contribution is 6.38. The summed E-state index contributed by atoms with van der Waals surface area (Å²) in [4.78, 5) is 4.73. The highest BCUT2D eigenvalue weighted by atomic mass is 15.1. The number of benzene rings is 11. The van der Waals surface area contributed by atoms with E-state index in [9.17, 15) is 0 Å². The summed E-state index contributed by atoms with van der Waals surface area (Å²) in [6.45, 7) is 0. The minimum Gasteiger partial charge on any atom is -0.310 e. The van der Waals surface area contributed by atoms with Gasteiger partial charge in [-0.2, -0.15) is 0 Å². The number of aromatic nitrogens is 2. The average Bonchev–Trinajstić information content (AvgIpc) is 4.17. The van der Waals surface area contributed by atoms with E-state index in [-0.39, 0.29) is 0 Å². The van der Waals surface area contributed by atoms with Gasteiger partial charge in [-0.1, -0.05) is 170 Å². The third-order valence-corrected chi connectivity index (χ3v) is 14.7. The lowest BCUT2D eigenvalue weighted by Gasteiger charge is -2.25. The molecular formula is C66H42N4. The maximum Gasteiger partial charge on any atom is 0.0634 e. The van der Waals surface area contributed by atoms with Gasteiger partial charge in [0.25, 0.3) is 0 Å². The third kappa shape index (κ3) is 5.47. The van der Waals surface area contributed by atoms with E-state index in [1.54, 1.807) is 0 Å². The molecule has 326 valence electrons. The summed E-state index contributed by atoms with van der Waals surface area (Å²) in [5.74, 6) is 0. The molecule has 0 atom stereocenters. The van der Waals surface area contributed by atoms with Gasteiger partial charge in [0.2, 0.25) is 0 Å². The molecule has 0 fully saturated rings. The van der Waals surface area contributed by atoms with Gasteiger partial charge in [0, 0.05) is 88.3 Å². The molecule has 15 rings (SSSR count). The summed E-state index contributed by atoms with van der Waals surface area (Å²) in [7, 11) is 0. The van der Waals surface area contributed by atoms with Crippen molar-refractivity contribution in [2.75, 3.05) is 9.80 Å². The molecule has 0 radical (unpaired) electrons. The van der Waals surface area contributed by atoms with Crippen molar-refractivity contribution in [2.45, 2.75) is 0 Å². The van der Waals surface area contributed by atoms with E-state index in [0.717, 1.165) is 34.1 Å². The maximum atomic E-state index is 2.60. The zero-order chi connectivity index (χ0) is 45.9. The van der Waals surface area contributed by atoms with Crippen molar-refractivity contribution in [3.8, 4) is 22.3 Å². The molecule has 0 saturated heterocycles. The average molecular weight is 891 g/mol. The van der Waals surface area contributed by atoms with Gasteiger partial charge in [0.05, 0.1) is 33.1 Å². The van der Waals surface area contributed by atoms with Crippen LogP contribution in [0.5, 0.6) is 0 Å². The molecule has 4 heterocycles. The van der Waals surface area contributed by atoms with Crippen molar-refractivity contribution in [3.05, 3.63) is 255 Å². The number of rotatable bonds is 8. The van der Waals surface area contributed by atoms with Crippen LogP contribution in [0.15, 0.2) is 255 Å². The van der Waals surface area contributed by atoms with E-state index < -0.39 is 0 Å². The SMILES string of the molecule is c1ccc(-c2c3c4cccc5c6cc(N(c7ccccc7)c7ccccc7)ccc6n(c3c(-c3ccccc3)c3c6cccc7c8cc(N(c9ccccc9)c9ccccc9)ccc8n(c23)c76)c54)cc1. The zero-order valence-corrected chi connectivity index (χ0v) is 38.0. The molecule has 0 N–H and O–H groups in total. The number of nitrogens with zero attached hydrogens (tertiary/aromatic N) is 4. The topological polar surface area (TPSA) is 15.3 Å². The highest BCUT2D eigenvalue weighted by Crippen LogP contribution is 2.54. The lowest BCUT2D eigenvalue weighted by Crippen LogP contribution is -2.09. The van der Waals surface area contributed by atoms with Crippen LogP contribution in [-0.4, -0.2) is 8.80 Å². The molecule has 0 spiro atoms. The van der Waals surface area contributed by atoms with Crippen molar-refractivity contribution in [2.24, 2.45) is 0 Å². The van der Waals surface area contributed by atoms with Gasteiger partial charge < -0.3 is 18.6 Å². The van der Waals surface area contributed by atoms with Crippen molar-refractivity contribution in [1.82, 2.24) is 8.80 Å². The lowest BCUT2D eigenvalue weighted by atomic mass is 9.89. The third-order valence-electron chi connectivity index (χ3n) is 14.7. The molecule has 0 aliphatic rings. The highest BCUT2D eigenvalue weighted by Gasteiger charge is 2.31. The first-order chi connectivity index (χ1) is 34.8. The fraction of sp³-hybridized carbons (Fsp3) is 0. The van der Waals surface area contributed by atoms with Crippen LogP contribution in [0.3, 0.4) is 0 Å². The van der Waals surface area contributed by atoms with Crippen LogP contribution in [0.4, 0.5) is 34.1 Å². The molecule has 0 aliphatic carbocycles. The minimum atomic E-state index is 1.12. The molecular weight excluding hydrogens is 849 g/mol. The monoisotopic (exact) mass is 890 g/mol. The van der Waals surface area contributed by atoms with E-state index in [1.165, 1.54) is 98.4 Å². The summed E-state index contributed by atoms with van der Waals surface area (Å²) in [6.07, 6.45) is 0. The Labute approximate surface area is 404 Å². The normalized spacial score (nSPS) is 12.0. The molecule has 11 aromatic carbocycles. The Kier molecular flexibility index (Phi) is 8.33. The van der Waals surface area contributed by atoms with Gasteiger partial charge in [0.15, 0.2) is 0 Å². The summed E-state index contributed by atoms with van der Waals surface area (Å²) in [5, 5.41) is 9.98. The lowest BCUT2D eigenvalue weighted by molar-refractivity contribution is 1.28. The Bertz CT molecular complexity index is 4060. The maximum absolute atomic E-state index is 2.60. The number of fused-ring (bicyclic) bond motifs is 12. The van der Waals surface area contributed by atoms with Crippen LogP contribution >= 0.6 is 0 Å². The molecule has 0 bridgehead atoms. The first kappa shape index (κ1) is 38.7. The molecule has 4 nitrogen and oxygen atoms in total. The van der Waals surface area contributed by atoms with Crippen LogP contribution < -0.4 is 9.80 Å². The number of para-hydroxylation sites is 6. The van der Waals surface area contributed by atoms with Crippen molar-refractivity contribution >= 4 is 110 Å². The van der Waals surface area contributed by atoms with Gasteiger partial charge >= 0.3 is 0 Å². The zero-order valence-electron chi connectivity index (χ0n) is 38.0. The molecule has 0 unspecified atom stereocenters. The predicted molar refractivity (Wildman–Crippen MR) is 296 cm³/mol. The Morgan fingerprint density at radius 3 is 0.886 bits per heavy atom. The van der Waals surface area contributed by atoms with Crippen LogP contribution in [0.25, 0.3) is 98.4 Å². The summed E-state index contributed by atoms with van der Waals surface area (Å²) >= 11 is 0. The van der Waals surface area contributed by atoms with E-state index in [1.807, 2.05) is 0 Å². The van der Waals surface area contributed by atoms with Gasteiger partial charge in [-0.15, -0.1) is 0 Å². The minimum absolute atomic E-state index is 1.12. The fourth-order valence-electron chi connectivity index (χ4n) is 11.9. The molecule has 0 aliphatic heterocycles. The first-order valence-electron chi connectivity index (χ1n) is 24.1. The van der Waals surface area contributed by atoms with E-state index >= 15 is 0 Å².